The molecule has 0 unspecified atom stereocenters. The van der Waals surface area contributed by atoms with Gasteiger partial charge in [0.1, 0.15) is 0 Å². The van der Waals surface area contributed by atoms with Crippen LogP contribution < -0.4 is 15.1 Å². The van der Waals surface area contributed by atoms with Crippen molar-refractivity contribution in [2.75, 3.05) is 29.4 Å². The number of nitrogens with zero attached hydrogens (tertiary/aromatic N) is 2. The fraction of sp³-hybridized carbons (Fsp3) is 0.341. The summed E-state index contributed by atoms with van der Waals surface area (Å²) < 4.78 is 156. The fourth-order valence-electron chi connectivity index (χ4n) is 6.80. The SMILES string of the molecule is CC(=O)NCC(=O)c1ccc2c(c1)CCN2Cc1ccc(C(O)(C(F)(F)F)C(F)(F)F)cc1.O=C=O.OC(c1ccc(CN2CCc3ccccc32)cc1)(C(F)(F)F)C(F)(F)F. The van der Waals surface area contributed by atoms with Gasteiger partial charge >= 0.3 is 30.9 Å². The molecule has 3 N–H and O–H groups in total. The predicted molar refractivity (Wildman–Crippen MR) is 195 cm³/mol. The smallest absolute Gasteiger partial charge is 0.369 e. The molecule has 2 heterocycles. The molecule has 0 fully saturated rings. The van der Waals surface area contributed by atoms with E-state index in [4.69, 9.17) is 9.59 Å². The van der Waals surface area contributed by atoms with Gasteiger partial charge in [0.15, 0.2) is 5.78 Å². The van der Waals surface area contributed by atoms with Crippen molar-refractivity contribution >= 4 is 29.2 Å². The van der Waals surface area contributed by atoms with Gasteiger partial charge in [0, 0.05) is 61.2 Å². The van der Waals surface area contributed by atoms with E-state index in [-0.39, 0.29) is 30.9 Å². The lowest BCUT2D eigenvalue weighted by atomic mass is 9.91. The first kappa shape index (κ1) is 48.7. The Balaban J connectivity index is 0.000000262. The third-order valence-corrected chi connectivity index (χ3v) is 10.0. The highest BCUT2D eigenvalue weighted by atomic mass is 19.4. The van der Waals surface area contributed by atoms with Crippen LogP contribution in [0.25, 0.3) is 0 Å². The molecule has 2 aliphatic heterocycles. The summed E-state index contributed by atoms with van der Waals surface area (Å²) in [5.41, 5.74) is -7.18. The molecule has 0 aromatic heterocycles. The molecule has 6 rings (SSSR count). The highest BCUT2D eigenvalue weighted by molar-refractivity contribution is 5.99. The van der Waals surface area contributed by atoms with Gasteiger partial charge in [-0.15, -0.1) is 0 Å². The number of halogens is 12. The Morgan fingerprint density at radius 3 is 1.39 bits per heavy atom. The van der Waals surface area contributed by atoms with Crippen molar-refractivity contribution in [3.8, 4) is 0 Å². The highest BCUT2D eigenvalue weighted by Crippen LogP contribution is 2.51. The number of hydrogen-bond acceptors (Lipinski definition) is 8. The number of aliphatic hydroxyl groups is 2. The van der Waals surface area contributed by atoms with Crippen LogP contribution >= 0.6 is 0 Å². The number of hydrogen-bond donors (Lipinski definition) is 3. The third-order valence-electron chi connectivity index (χ3n) is 10.0. The van der Waals surface area contributed by atoms with Crippen molar-refractivity contribution in [2.24, 2.45) is 0 Å². The third kappa shape index (κ3) is 10.4. The molecule has 62 heavy (non-hydrogen) atoms. The number of amides is 1. The number of carbonyl (C=O) groups is 2. The number of rotatable bonds is 9. The first-order valence-electron chi connectivity index (χ1n) is 18.1. The number of Topliss-reactive ketones (excluding diaryl/α,β-unsaturated/α-hetero) is 1. The molecular weight excluding hydrogens is 858 g/mol. The zero-order valence-corrected chi connectivity index (χ0v) is 32.1. The molecule has 0 spiro atoms. The molecule has 2 aliphatic rings. The zero-order valence-electron chi connectivity index (χ0n) is 32.1. The van der Waals surface area contributed by atoms with Crippen LogP contribution in [-0.2, 0) is 51.5 Å². The number of benzene rings is 4. The van der Waals surface area contributed by atoms with Crippen molar-refractivity contribution in [3.63, 3.8) is 0 Å². The second kappa shape index (κ2) is 18.6. The number of carbonyl (C=O) groups excluding carboxylic acids is 4. The van der Waals surface area contributed by atoms with Crippen LogP contribution in [0.4, 0.5) is 64.1 Å². The van der Waals surface area contributed by atoms with Crippen molar-refractivity contribution in [1.82, 2.24) is 5.32 Å². The summed E-state index contributed by atoms with van der Waals surface area (Å²) in [4.78, 5) is 43.3. The van der Waals surface area contributed by atoms with E-state index in [0.717, 1.165) is 47.6 Å². The maximum absolute atomic E-state index is 13.0. The Labute approximate surface area is 344 Å². The zero-order chi connectivity index (χ0) is 46.5. The average Bonchev–Trinajstić information content (AvgIpc) is 3.79. The van der Waals surface area contributed by atoms with Crippen molar-refractivity contribution in [1.29, 1.82) is 0 Å². The molecular formula is C41H35F12N3O6. The van der Waals surface area contributed by atoms with E-state index in [2.05, 4.69) is 5.32 Å². The Hall–Kier alpha value is -5.92. The van der Waals surface area contributed by atoms with E-state index in [1.54, 1.807) is 18.2 Å². The lowest BCUT2D eigenvalue weighted by Gasteiger charge is -2.32. The standard InChI is InChI=1S/C22H20F6N2O3.C18H15F6NO.CO2/c1-13(31)29-11-19(32)16-4-7-18-15(10-16)8-9-30(18)12-14-2-5-17(6-3-14)20(33,21(23,24)25)22(26,27)28;19-17(20,21)16(26,18(22,23)24)14-7-5-12(6-8-14)11-25-10-9-13-3-1-2-4-15(13)25;2-1-3/h2-7,10,33H,8-9,11-12H2,1H3,(H,29,31);1-8,26H,9-11H2;. The summed E-state index contributed by atoms with van der Waals surface area (Å²) in [5, 5.41) is 21.3. The molecule has 9 nitrogen and oxygen atoms in total. The topological polar surface area (TPSA) is 127 Å². The van der Waals surface area contributed by atoms with Gasteiger partial charge in [0.2, 0.25) is 5.91 Å². The maximum Gasteiger partial charge on any atom is 0.430 e. The van der Waals surface area contributed by atoms with Gasteiger partial charge in [-0.1, -0.05) is 66.7 Å². The van der Waals surface area contributed by atoms with Crippen molar-refractivity contribution in [2.45, 2.75) is 68.8 Å². The summed E-state index contributed by atoms with van der Waals surface area (Å²) in [7, 11) is 0. The minimum atomic E-state index is -5.93. The molecule has 4 aromatic rings. The van der Waals surface area contributed by atoms with E-state index < -0.39 is 47.0 Å². The number of ketones is 1. The van der Waals surface area contributed by atoms with Crippen LogP contribution in [0.5, 0.6) is 0 Å². The second-order valence-corrected chi connectivity index (χ2v) is 14.0. The van der Waals surface area contributed by atoms with Gasteiger partial charge < -0.3 is 25.3 Å². The average molecular weight is 894 g/mol. The van der Waals surface area contributed by atoms with Gasteiger partial charge in [-0.25, -0.2) is 0 Å². The van der Waals surface area contributed by atoms with E-state index in [9.17, 15) is 72.5 Å². The van der Waals surface area contributed by atoms with Crippen LogP contribution in [-0.4, -0.2) is 72.4 Å². The Kier molecular flexibility index (Phi) is 14.6. The van der Waals surface area contributed by atoms with Crippen molar-refractivity contribution < 1.29 is 82.1 Å². The molecule has 334 valence electrons. The maximum atomic E-state index is 13.0. The van der Waals surface area contributed by atoms with E-state index in [1.165, 1.54) is 19.1 Å². The lowest BCUT2D eigenvalue weighted by Crippen LogP contribution is -2.53. The first-order chi connectivity index (χ1) is 28.7. The predicted octanol–water partition coefficient (Wildman–Crippen LogP) is 7.86. The quantitative estimate of drug-likeness (QED) is 0.115. The molecule has 4 aromatic carbocycles. The molecule has 0 saturated carbocycles. The fourth-order valence-corrected chi connectivity index (χ4v) is 6.80. The summed E-state index contributed by atoms with van der Waals surface area (Å²) in [5.74, 6) is -0.588. The number of anilines is 2. The molecule has 0 bridgehead atoms. The minimum absolute atomic E-state index is 0.133. The lowest BCUT2D eigenvalue weighted by molar-refractivity contribution is -0.376. The van der Waals surface area contributed by atoms with Gasteiger partial charge in [-0.05, 0) is 59.4 Å². The normalized spacial score (nSPS) is 14.1. The number of para-hydroxylation sites is 1. The largest absolute Gasteiger partial charge is 0.430 e. The summed E-state index contributed by atoms with van der Waals surface area (Å²) in [6.45, 7) is 2.99. The van der Waals surface area contributed by atoms with Crippen LogP contribution in [0.2, 0.25) is 0 Å². The number of alkyl halides is 12. The summed E-state index contributed by atoms with van der Waals surface area (Å²) in [6, 6.07) is 19.9. The number of nitrogens with one attached hydrogen (secondary N) is 1. The van der Waals surface area contributed by atoms with E-state index in [0.29, 0.717) is 60.5 Å². The Bertz CT molecular complexity index is 2210. The summed E-state index contributed by atoms with van der Waals surface area (Å²) >= 11 is 0. The molecule has 0 atom stereocenters. The molecule has 0 saturated heterocycles. The monoisotopic (exact) mass is 893 g/mol. The highest BCUT2D eigenvalue weighted by Gasteiger charge is 2.72. The molecule has 0 radical (unpaired) electrons. The van der Waals surface area contributed by atoms with Crippen molar-refractivity contribution in [3.05, 3.63) is 130 Å². The second-order valence-electron chi connectivity index (χ2n) is 14.0. The van der Waals surface area contributed by atoms with Gasteiger partial charge in [0.05, 0.1) is 6.54 Å². The van der Waals surface area contributed by atoms with E-state index in [1.807, 2.05) is 34.1 Å². The van der Waals surface area contributed by atoms with Crippen LogP contribution in [0.15, 0.2) is 91.0 Å². The van der Waals surface area contributed by atoms with Gasteiger partial charge in [-0.3, -0.25) is 9.59 Å². The summed E-state index contributed by atoms with van der Waals surface area (Å²) in [6.07, 6.45) is -21.9. The van der Waals surface area contributed by atoms with Crippen LogP contribution in [0.3, 0.4) is 0 Å². The van der Waals surface area contributed by atoms with E-state index >= 15 is 0 Å². The van der Waals surface area contributed by atoms with Gasteiger partial charge in [-0.2, -0.15) is 62.3 Å². The Morgan fingerprint density at radius 1 is 0.597 bits per heavy atom. The molecule has 0 aliphatic carbocycles. The number of fused-ring (bicyclic) bond motifs is 2. The molecule has 21 heteroatoms. The van der Waals surface area contributed by atoms with Crippen LogP contribution in [0.1, 0.15) is 50.7 Å². The Morgan fingerprint density at radius 2 is 0.984 bits per heavy atom. The molecule has 1 amide bonds. The van der Waals surface area contributed by atoms with Gasteiger partial charge in [0.25, 0.3) is 11.2 Å². The minimum Gasteiger partial charge on any atom is -0.369 e. The van der Waals surface area contributed by atoms with Crippen LogP contribution in [0, 0.1) is 0 Å². The first-order valence-corrected chi connectivity index (χ1v) is 18.1.